The van der Waals surface area contributed by atoms with Gasteiger partial charge in [-0.05, 0) is 42.5 Å². The Bertz CT molecular complexity index is 1140. The van der Waals surface area contributed by atoms with Crippen molar-refractivity contribution in [3.8, 4) is 0 Å². The van der Waals surface area contributed by atoms with Crippen molar-refractivity contribution in [1.29, 1.82) is 0 Å². The van der Waals surface area contributed by atoms with E-state index in [4.69, 9.17) is 11.6 Å². The second-order valence-electron chi connectivity index (χ2n) is 6.52. The zero-order valence-corrected chi connectivity index (χ0v) is 20.8. The smallest absolute Gasteiger partial charge is 0.258 e. The summed E-state index contributed by atoms with van der Waals surface area (Å²) in [6.07, 6.45) is 0. The fraction of sp³-hybridized carbons (Fsp3) is 0.143. The zero-order valence-electron chi connectivity index (χ0n) is 16.8. The predicted molar refractivity (Wildman–Crippen MR) is 135 cm³/mol. The topological polar surface area (TPSA) is 100 Å². The van der Waals surface area contributed by atoms with Gasteiger partial charge in [-0.25, -0.2) is 4.98 Å². The minimum atomic E-state index is -0.339. The van der Waals surface area contributed by atoms with Crippen molar-refractivity contribution in [2.45, 2.75) is 12.7 Å². The Kier molecular flexibility index (Phi) is 8.68. The molecule has 3 rings (SSSR count). The standard InChI is InChI=1S/C21H18BrClN4O3S2/c1-12(28)24-14-3-5-15(6-4-14)25-19(29)11-31-9-16-10-32-21(26-16)27-20(30)17-8-13(22)2-7-18(17)23/h2-8,10H,9,11H2,1H3,(H,24,28)(H,25,29)(H,26,27,30). The molecular weight excluding hydrogens is 536 g/mol. The molecule has 0 unspecified atom stereocenters. The molecule has 1 aromatic heterocycles. The number of anilines is 3. The summed E-state index contributed by atoms with van der Waals surface area (Å²) in [6, 6.07) is 11.9. The molecule has 3 aromatic rings. The van der Waals surface area contributed by atoms with Crippen molar-refractivity contribution in [2.24, 2.45) is 0 Å². The summed E-state index contributed by atoms with van der Waals surface area (Å²) in [5.41, 5.74) is 2.44. The number of benzene rings is 2. The van der Waals surface area contributed by atoms with Crippen LogP contribution in [0.3, 0.4) is 0 Å². The van der Waals surface area contributed by atoms with Crippen LogP contribution >= 0.6 is 50.6 Å². The summed E-state index contributed by atoms with van der Waals surface area (Å²) in [6.45, 7) is 1.43. The van der Waals surface area contributed by atoms with Crippen LogP contribution in [0.2, 0.25) is 5.02 Å². The van der Waals surface area contributed by atoms with Crippen LogP contribution in [-0.4, -0.2) is 28.5 Å². The largest absolute Gasteiger partial charge is 0.326 e. The maximum absolute atomic E-state index is 12.4. The van der Waals surface area contributed by atoms with Gasteiger partial charge in [-0.3, -0.25) is 19.7 Å². The number of halogens is 2. The van der Waals surface area contributed by atoms with Gasteiger partial charge in [-0.2, -0.15) is 0 Å². The number of thioether (sulfide) groups is 1. The highest BCUT2D eigenvalue weighted by Gasteiger charge is 2.13. The van der Waals surface area contributed by atoms with Gasteiger partial charge < -0.3 is 10.6 Å². The van der Waals surface area contributed by atoms with Crippen LogP contribution in [0, 0.1) is 0 Å². The van der Waals surface area contributed by atoms with Crippen LogP contribution in [0.5, 0.6) is 0 Å². The molecule has 0 spiro atoms. The van der Waals surface area contributed by atoms with Crippen molar-refractivity contribution in [2.75, 3.05) is 21.7 Å². The first-order valence-corrected chi connectivity index (χ1v) is 12.5. The second kappa shape index (κ2) is 11.5. The number of nitrogens with zero attached hydrogens (tertiary/aromatic N) is 1. The molecule has 0 fully saturated rings. The molecule has 0 saturated carbocycles. The lowest BCUT2D eigenvalue weighted by atomic mass is 10.2. The Hall–Kier alpha value is -2.40. The number of rotatable bonds is 8. The van der Waals surface area contributed by atoms with Gasteiger partial charge in [-0.1, -0.05) is 27.5 Å². The third-order valence-corrected chi connectivity index (χ3v) is 6.51. The summed E-state index contributed by atoms with van der Waals surface area (Å²) in [5, 5.41) is 10.9. The van der Waals surface area contributed by atoms with Crippen LogP contribution in [0.25, 0.3) is 0 Å². The van der Waals surface area contributed by atoms with Gasteiger partial charge in [0.2, 0.25) is 11.8 Å². The van der Waals surface area contributed by atoms with E-state index in [9.17, 15) is 14.4 Å². The molecule has 3 N–H and O–H groups in total. The van der Waals surface area contributed by atoms with E-state index in [1.165, 1.54) is 30.0 Å². The van der Waals surface area contributed by atoms with E-state index in [-0.39, 0.29) is 23.5 Å². The number of thiazole rings is 1. The highest BCUT2D eigenvalue weighted by molar-refractivity contribution is 9.10. The summed E-state index contributed by atoms with van der Waals surface area (Å²) in [7, 11) is 0. The second-order valence-corrected chi connectivity index (χ2v) is 9.69. The molecule has 166 valence electrons. The summed E-state index contributed by atoms with van der Waals surface area (Å²) < 4.78 is 0.755. The maximum atomic E-state index is 12.4. The first kappa shape index (κ1) is 24.2. The lowest BCUT2D eigenvalue weighted by Gasteiger charge is -2.06. The number of amides is 3. The molecule has 32 heavy (non-hydrogen) atoms. The van der Waals surface area contributed by atoms with Gasteiger partial charge >= 0.3 is 0 Å². The predicted octanol–water partition coefficient (Wildman–Crippen LogP) is 5.64. The van der Waals surface area contributed by atoms with Gasteiger partial charge in [0, 0.05) is 33.9 Å². The summed E-state index contributed by atoms with van der Waals surface area (Å²) >= 11 is 12.1. The quantitative estimate of drug-likeness (QED) is 0.335. The highest BCUT2D eigenvalue weighted by Crippen LogP contribution is 2.24. The van der Waals surface area contributed by atoms with Crippen LogP contribution in [-0.2, 0) is 15.3 Å². The van der Waals surface area contributed by atoms with Gasteiger partial charge in [0.1, 0.15) is 0 Å². The van der Waals surface area contributed by atoms with Crippen LogP contribution in [0.1, 0.15) is 23.0 Å². The monoisotopic (exact) mass is 552 g/mol. The van der Waals surface area contributed by atoms with Gasteiger partial charge in [0.25, 0.3) is 5.91 Å². The van der Waals surface area contributed by atoms with Gasteiger partial charge in [0.05, 0.1) is 22.0 Å². The summed E-state index contributed by atoms with van der Waals surface area (Å²) in [5.74, 6) is 0.142. The molecule has 0 radical (unpaired) electrons. The number of aromatic nitrogens is 1. The van der Waals surface area contributed by atoms with E-state index in [1.807, 2.05) is 5.38 Å². The Morgan fingerprint density at radius 1 is 1.06 bits per heavy atom. The molecule has 7 nitrogen and oxygen atoms in total. The van der Waals surface area contributed by atoms with Crippen molar-refractivity contribution < 1.29 is 14.4 Å². The van der Waals surface area contributed by atoms with Crippen LogP contribution < -0.4 is 16.0 Å². The van der Waals surface area contributed by atoms with Crippen LogP contribution in [0.4, 0.5) is 16.5 Å². The van der Waals surface area contributed by atoms with E-state index in [1.54, 1.807) is 42.5 Å². The minimum absolute atomic E-state index is 0.143. The Morgan fingerprint density at radius 3 is 2.44 bits per heavy atom. The molecule has 11 heteroatoms. The maximum Gasteiger partial charge on any atom is 0.258 e. The van der Waals surface area contributed by atoms with Gasteiger partial charge in [-0.15, -0.1) is 23.1 Å². The zero-order chi connectivity index (χ0) is 23.1. The van der Waals surface area contributed by atoms with Crippen molar-refractivity contribution in [3.05, 3.63) is 68.6 Å². The number of carbonyl (C=O) groups is 3. The van der Waals surface area contributed by atoms with Crippen molar-refractivity contribution >= 4 is 84.9 Å². The normalized spacial score (nSPS) is 10.5. The fourth-order valence-electron chi connectivity index (χ4n) is 2.55. The SMILES string of the molecule is CC(=O)Nc1ccc(NC(=O)CSCc2csc(NC(=O)c3cc(Br)ccc3Cl)n2)cc1. The lowest BCUT2D eigenvalue weighted by Crippen LogP contribution is -2.14. The highest BCUT2D eigenvalue weighted by atomic mass is 79.9. The first-order chi connectivity index (χ1) is 15.3. The Balaban J connectivity index is 1.45. The first-order valence-electron chi connectivity index (χ1n) is 9.26. The van der Waals surface area contributed by atoms with E-state index < -0.39 is 0 Å². The van der Waals surface area contributed by atoms with E-state index in [2.05, 4.69) is 36.9 Å². The number of hydrogen-bond acceptors (Lipinski definition) is 6. The number of nitrogens with one attached hydrogen (secondary N) is 3. The molecular formula is C21H18BrClN4O3S2. The summed E-state index contributed by atoms with van der Waals surface area (Å²) in [4.78, 5) is 40.0. The molecule has 0 atom stereocenters. The molecule has 3 amide bonds. The van der Waals surface area contributed by atoms with E-state index in [0.29, 0.717) is 32.8 Å². The Morgan fingerprint density at radius 2 is 1.75 bits per heavy atom. The minimum Gasteiger partial charge on any atom is -0.326 e. The molecule has 0 saturated heterocycles. The average molecular weight is 554 g/mol. The molecule has 1 heterocycles. The van der Waals surface area contributed by atoms with Crippen molar-refractivity contribution in [3.63, 3.8) is 0 Å². The van der Waals surface area contributed by atoms with Gasteiger partial charge in [0.15, 0.2) is 5.13 Å². The molecule has 0 aliphatic heterocycles. The average Bonchev–Trinajstić information content (AvgIpc) is 3.18. The number of carbonyl (C=O) groups excluding carboxylic acids is 3. The van der Waals surface area contributed by atoms with E-state index >= 15 is 0 Å². The lowest BCUT2D eigenvalue weighted by molar-refractivity contribution is -0.114. The molecule has 0 aliphatic carbocycles. The fourth-order valence-corrected chi connectivity index (χ4v) is 4.64. The van der Waals surface area contributed by atoms with E-state index in [0.717, 1.165) is 10.2 Å². The molecule has 2 aromatic carbocycles. The Labute approximate surface area is 206 Å². The molecule has 0 aliphatic rings. The third kappa shape index (κ3) is 7.33. The molecule has 0 bridgehead atoms. The number of hydrogen-bond donors (Lipinski definition) is 3. The van der Waals surface area contributed by atoms with Crippen LogP contribution in [0.15, 0.2) is 52.3 Å². The van der Waals surface area contributed by atoms with Crippen molar-refractivity contribution in [1.82, 2.24) is 4.98 Å². The third-order valence-electron chi connectivity index (χ3n) is 3.92.